The summed E-state index contributed by atoms with van der Waals surface area (Å²) in [5, 5.41) is 3.01. The number of nitrogens with zero attached hydrogens (tertiary/aromatic N) is 1. The summed E-state index contributed by atoms with van der Waals surface area (Å²) in [5.41, 5.74) is 4.12. The molecule has 3 rings (SSSR count). The lowest BCUT2D eigenvalue weighted by molar-refractivity contribution is -0.143. The molecule has 0 aliphatic heterocycles. The molecule has 3 aromatic rings. The fraction of sp³-hybridized carbons (Fsp3) is 0.310. The Hall–Kier alpha value is -3.60. The van der Waals surface area contributed by atoms with E-state index in [9.17, 15) is 9.59 Å². The zero-order valence-corrected chi connectivity index (χ0v) is 20.5. The number of benzene rings is 3. The summed E-state index contributed by atoms with van der Waals surface area (Å²) < 4.78 is 5.84. The van der Waals surface area contributed by atoms with Crippen LogP contribution in [0.4, 0.5) is 0 Å². The summed E-state index contributed by atoms with van der Waals surface area (Å²) in [4.78, 5) is 28.6. The van der Waals surface area contributed by atoms with Crippen LogP contribution < -0.4 is 10.1 Å². The average Bonchev–Trinajstić information content (AvgIpc) is 2.81. The lowest BCUT2D eigenvalue weighted by Gasteiger charge is -2.32. The van der Waals surface area contributed by atoms with Crippen molar-refractivity contribution < 1.29 is 14.3 Å². The van der Waals surface area contributed by atoms with Gasteiger partial charge >= 0.3 is 0 Å². The first-order valence-corrected chi connectivity index (χ1v) is 11.7. The third-order valence-electron chi connectivity index (χ3n) is 5.66. The minimum atomic E-state index is -0.669. The van der Waals surface area contributed by atoms with E-state index in [1.807, 2.05) is 107 Å². The van der Waals surface area contributed by atoms with Crippen molar-refractivity contribution in [1.29, 1.82) is 0 Å². The number of amides is 2. The molecule has 0 radical (unpaired) electrons. The Balaban J connectivity index is 1.92. The zero-order chi connectivity index (χ0) is 24.5. The number of hydrogen-bond acceptors (Lipinski definition) is 3. The van der Waals surface area contributed by atoms with Crippen molar-refractivity contribution in [3.63, 3.8) is 0 Å². The van der Waals surface area contributed by atoms with Crippen LogP contribution in [0.1, 0.15) is 36.1 Å². The highest BCUT2D eigenvalue weighted by molar-refractivity contribution is 5.88. The highest BCUT2D eigenvalue weighted by Gasteiger charge is 2.31. The number of ether oxygens (including phenoxy) is 1. The summed E-state index contributed by atoms with van der Waals surface area (Å²) in [5.74, 6) is 0.233. The zero-order valence-electron chi connectivity index (χ0n) is 20.5. The summed E-state index contributed by atoms with van der Waals surface area (Å²) in [7, 11) is 0. The molecular weight excluding hydrogens is 424 g/mol. The van der Waals surface area contributed by atoms with Crippen LogP contribution in [0.2, 0.25) is 0 Å². The Morgan fingerprint density at radius 1 is 0.912 bits per heavy atom. The van der Waals surface area contributed by atoms with Gasteiger partial charge in [0, 0.05) is 19.0 Å². The van der Waals surface area contributed by atoms with Gasteiger partial charge in [-0.05, 0) is 62.1 Å². The van der Waals surface area contributed by atoms with Gasteiger partial charge in [0.1, 0.15) is 11.8 Å². The first-order chi connectivity index (χ1) is 16.3. The van der Waals surface area contributed by atoms with Gasteiger partial charge in [-0.1, -0.05) is 66.7 Å². The van der Waals surface area contributed by atoms with Crippen LogP contribution in [0.25, 0.3) is 0 Å². The number of carbonyl (C=O) groups is 2. The number of nitrogens with one attached hydrogen (secondary N) is 1. The van der Waals surface area contributed by atoms with Crippen molar-refractivity contribution in [3.05, 3.63) is 101 Å². The molecule has 1 atom stereocenters. The van der Waals surface area contributed by atoms with Crippen LogP contribution in [-0.2, 0) is 22.6 Å². The Morgan fingerprint density at radius 2 is 1.62 bits per heavy atom. The monoisotopic (exact) mass is 458 g/mol. The summed E-state index contributed by atoms with van der Waals surface area (Å²) in [6, 6.07) is 24.6. The van der Waals surface area contributed by atoms with Crippen molar-refractivity contribution in [1.82, 2.24) is 10.2 Å². The molecule has 0 spiro atoms. The summed E-state index contributed by atoms with van der Waals surface area (Å²) in [6.07, 6.45) is 0.418. The molecule has 178 valence electrons. The molecular formula is C29H34N2O3. The van der Waals surface area contributed by atoms with Crippen LogP contribution in [0.15, 0.2) is 78.9 Å². The molecule has 5 heteroatoms. The molecule has 34 heavy (non-hydrogen) atoms. The fourth-order valence-corrected chi connectivity index (χ4v) is 3.84. The van der Waals surface area contributed by atoms with Gasteiger partial charge in [-0.25, -0.2) is 0 Å². The molecule has 0 aromatic heterocycles. The molecule has 0 aliphatic rings. The van der Waals surface area contributed by atoms with Crippen molar-refractivity contribution in [2.45, 2.75) is 52.7 Å². The SMILES string of the molecule is Cc1cccc(OCC(=O)N(Cc2ccccc2C)C(Cc2ccccc2)C(=O)NC(C)C)c1. The first kappa shape index (κ1) is 25.0. The van der Waals surface area contributed by atoms with Gasteiger partial charge in [0.15, 0.2) is 6.61 Å². The van der Waals surface area contributed by atoms with E-state index in [0.717, 1.165) is 22.3 Å². The Bertz CT molecular complexity index is 1100. The Labute approximate surface area is 202 Å². The second-order valence-corrected chi connectivity index (χ2v) is 8.92. The van der Waals surface area contributed by atoms with Crippen LogP contribution in [0.5, 0.6) is 5.75 Å². The quantitative estimate of drug-likeness (QED) is 0.473. The predicted molar refractivity (Wildman–Crippen MR) is 136 cm³/mol. The van der Waals surface area contributed by atoms with Gasteiger partial charge in [0.25, 0.3) is 5.91 Å². The highest BCUT2D eigenvalue weighted by atomic mass is 16.5. The predicted octanol–water partition coefficient (Wildman–Crippen LogP) is 4.85. The molecule has 3 aromatic carbocycles. The van der Waals surface area contributed by atoms with E-state index < -0.39 is 6.04 Å². The first-order valence-electron chi connectivity index (χ1n) is 11.7. The van der Waals surface area contributed by atoms with E-state index in [4.69, 9.17) is 4.74 Å². The van der Waals surface area contributed by atoms with Crippen LogP contribution >= 0.6 is 0 Å². The lowest BCUT2D eigenvalue weighted by atomic mass is 10.0. The summed E-state index contributed by atoms with van der Waals surface area (Å²) >= 11 is 0. The van der Waals surface area contributed by atoms with Gasteiger partial charge < -0.3 is 15.0 Å². The van der Waals surface area contributed by atoms with Crippen LogP contribution in [-0.4, -0.2) is 35.4 Å². The molecule has 5 nitrogen and oxygen atoms in total. The fourth-order valence-electron chi connectivity index (χ4n) is 3.84. The third kappa shape index (κ3) is 7.20. The van der Waals surface area contributed by atoms with E-state index in [1.54, 1.807) is 4.90 Å². The molecule has 0 fully saturated rings. The van der Waals surface area contributed by atoms with Gasteiger partial charge in [-0.15, -0.1) is 0 Å². The molecule has 1 unspecified atom stereocenters. The maximum atomic E-state index is 13.6. The smallest absolute Gasteiger partial charge is 0.261 e. The molecule has 0 saturated carbocycles. The van der Waals surface area contributed by atoms with E-state index in [-0.39, 0.29) is 24.5 Å². The van der Waals surface area contributed by atoms with Gasteiger partial charge in [0.2, 0.25) is 5.91 Å². The summed E-state index contributed by atoms with van der Waals surface area (Å²) in [6.45, 7) is 8.02. The standard InChI is InChI=1S/C29H34N2O3/c1-21(2)30-29(33)27(18-24-13-6-5-7-14-24)31(19-25-15-9-8-12-23(25)4)28(32)20-34-26-16-10-11-22(3)17-26/h5-17,21,27H,18-20H2,1-4H3,(H,30,33). The van der Waals surface area contributed by atoms with E-state index in [2.05, 4.69) is 5.32 Å². The third-order valence-corrected chi connectivity index (χ3v) is 5.66. The molecule has 0 saturated heterocycles. The number of rotatable bonds is 10. The maximum Gasteiger partial charge on any atom is 0.261 e. The topological polar surface area (TPSA) is 58.6 Å². The van der Waals surface area contributed by atoms with Gasteiger partial charge in [-0.3, -0.25) is 9.59 Å². The van der Waals surface area contributed by atoms with E-state index >= 15 is 0 Å². The van der Waals surface area contributed by atoms with Crippen molar-refractivity contribution >= 4 is 11.8 Å². The average molecular weight is 459 g/mol. The largest absolute Gasteiger partial charge is 0.484 e. The minimum Gasteiger partial charge on any atom is -0.484 e. The van der Waals surface area contributed by atoms with Gasteiger partial charge in [-0.2, -0.15) is 0 Å². The maximum absolute atomic E-state index is 13.6. The van der Waals surface area contributed by atoms with Crippen LogP contribution in [0.3, 0.4) is 0 Å². The second-order valence-electron chi connectivity index (χ2n) is 8.92. The molecule has 0 bridgehead atoms. The van der Waals surface area contributed by atoms with Gasteiger partial charge in [0.05, 0.1) is 0 Å². The van der Waals surface area contributed by atoms with E-state index in [0.29, 0.717) is 18.7 Å². The number of carbonyl (C=O) groups excluding carboxylic acids is 2. The number of aryl methyl sites for hydroxylation is 2. The van der Waals surface area contributed by atoms with Crippen LogP contribution in [0, 0.1) is 13.8 Å². The minimum absolute atomic E-state index is 0.0373. The van der Waals surface area contributed by atoms with Crippen molar-refractivity contribution in [2.75, 3.05) is 6.61 Å². The lowest BCUT2D eigenvalue weighted by Crippen LogP contribution is -2.52. The Kier molecular flexibility index (Phi) is 8.86. The van der Waals surface area contributed by atoms with E-state index in [1.165, 1.54) is 0 Å². The van der Waals surface area contributed by atoms with Crippen molar-refractivity contribution in [2.24, 2.45) is 0 Å². The number of hydrogen-bond donors (Lipinski definition) is 1. The highest BCUT2D eigenvalue weighted by Crippen LogP contribution is 2.18. The molecule has 1 N–H and O–H groups in total. The normalized spacial score (nSPS) is 11.7. The Morgan fingerprint density at radius 3 is 2.29 bits per heavy atom. The second kappa shape index (κ2) is 12.0. The molecule has 2 amide bonds. The van der Waals surface area contributed by atoms with Crippen molar-refractivity contribution in [3.8, 4) is 5.75 Å². The molecule has 0 heterocycles. The molecule has 0 aliphatic carbocycles.